The molecule has 0 amide bonds. The lowest BCUT2D eigenvalue weighted by molar-refractivity contribution is -0.833. The van der Waals surface area contributed by atoms with Gasteiger partial charge in [-0.25, -0.2) is 0 Å². The van der Waals surface area contributed by atoms with Gasteiger partial charge in [-0.3, -0.25) is 20.2 Å². The zero-order valence-corrected chi connectivity index (χ0v) is 10.2. The highest BCUT2D eigenvalue weighted by Crippen LogP contribution is 2.15. The van der Waals surface area contributed by atoms with E-state index < -0.39 is 22.4 Å². The summed E-state index contributed by atoms with van der Waals surface area (Å²) < 4.78 is 17.9. The maximum Gasteiger partial charge on any atom is 0.637 e. The van der Waals surface area contributed by atoms with Gasteiger partial charge in [-0.15, -0.1) is 0 Å². The molecule has 0 aliphatic heterocycles. The van der Waals surface area contributed by atoms with Crippen LogP contribution in [-0.4, -0.2) is 29.0 Å². The van der Waals surface area contributed by atoms with Gasteiger partial charge in [0.25, 0.3) is 0 Å². The Kier molecular flexibility index (Phi) is 5.83. The molecule has 0 fully saturated rings. The van der Waals surface area contributed by atoms with Crippen molar-refractivity contribution in [3.8, 4) is 0 Å². The van der Waals surface area contributed by atoms with E-state index in [2.05, 4.69) is 36.6 Å². The number of ether oxygens (including phenoxy) is 1. The Labute approximate surface area is 99.8 Å². The van der Waals surface area contributed by atoms with Crippen molar-refractivity contribution in [1.82, 2.24) is 0 Å². The number of rotatable bonds is 6. The normalized spacial score (nSPS) is 12.6. The van der Waals surface area contributed by atoms with Gasteiger partial charge in [-0.05, 0) is 4.99 Å². The van der Waals surface area contributed by atoms with Gasteiger partial charge in [-0.2, -0.15) is 0 Å². The van der Waals surface area contributed by atoms with E-state index in [9.17, 15) is 24.6 Å². The van der Waals surface area contributed by atoms with Gasteiger partial charge in [-0.1, -0.05) is 36.3 Å². The van der Waals surface area contributed by atoms with Crippen LogP contribution in [0.2, 0.25) is 0 Å². The third kappa shape index (κ3) is 4.18. The van der Waals surface area contributed by atoms with Crippen molar-refractivity contribution >= 4 is 31.9 Å². The van der Waals surface area contributed by atoms with Crippen LogP contribution in [0.25, 0.3) is 0 Å². The Morgan fingerprint density at radius 1 is 1.47 bits per heavy atom. The number of halogens is 3. The zero-order chi connectivity index (χ0) is 12.1. The number of hydrogen-bond acceptors (Lipinski definition) is 5. The molecule has 0 N–H and O–H groups in total. The minimum absolute atomic E-state index is 0.210. The first-order chi connectivity index (χ1) is 6.84. The Morgan fingerprint density at radius 2 is 1.93 bits per heavy atom. The number of nitrogens with zero attached hydrogens (tertiary/aromatic N) is 2. The topological polar surface area (TPSA) is 95.5 Å². The molecule has 0 atom stereocenters. The van der Waals surface area contributed by atoms with Crippen LogP contribution in [0.3, 0.4) is 0 Å². The van der Waals surface area contributed by atoms with E-state index in [4.69, 9.17) is 0 Å². The molecule has 10 heteroatoms. The molecule has 0 saturated carbocycles. The highest BCUT2D eigenvalue weighted by atomic mass is 79.9. The first-order valence-electron chi connectivity index (χ1n) is 3.35. The predicted octanol–water partition coefficient (Wildman–Crippen LogP) is 1.81. The van der Waals surface area contributed by atoms with Crippen LogP contribution in [0, 0.1) is 20.2 Å². The van der Waals surface area contributed by atoms with Gasteiger partial charge >= 0.3 is 5.92 Å². The summed E-state index contributed by atoms with van der Waals surface area (Å²) in [6.07, 6.45) is 0. The van der Waals surface area contributed by atoms with E-state index >= 15 is 0 Å². The fraction of sp³-hybridized carbons (Fsp3) is 0.600. The molecule has 0 rings (SSSR count). The molecular formula is C5H5Br2FN2O5. The summed E-state index contributed by atoms with van der Waals surface area (Å²) in [5.41, 5.74) is 0. The van der Waals surface area contributed by atoms with Gasteiger partial charge in [0.15, 0.2) is 0 Å². The van der Waals surface area contributed by atoms with Crippen LogP contribution in [-0.2, 0) is 4.74 Å². The molecule has 0 aliphatic carbocycles. The van der Waals surface area contributed by atoms with Crippen molar-refractivity contribution in [2.75, 3.05) is 13.2 Å². The summed E-state index contributed by atoms with van der Waals surface area (Å²) in [6, 6.07) is 0. The lowest BCUT2D eigenvalue weighted by atomic mass is 10.5. The smallest absolute Gasteiger partial charge is 0.358 e. The summed E-state index contributed by atoms with van der Waals surface area (Å²) in [5, 5.41) is 20.2. The molecule has 7 nitrogen and oxygen atoms in total. The first-order valence-corrected chi connectivity index (χ1v) is 5.06. The molecule has 0 aromatic rings. The fourth-order valence-corrected chi connectivity index (χ4v) is 0.776. The highest BCUT2D eigenvalue weighted by molar-refractivity contribution is 9.14. The number of nitro groups is 2. The van der Waals surface area contributed by atoms with E-state index in [1.165, 1.54) is 4.99 Å². The lowest BCUT2D eigenvalue weighted by Crippen LogP contribution is -2.46. The molecule has 0 radical (unpaired) electrons. The van der Waals surface area contributed by atoms with Crippen molar-refractivity contribution in [3.05, 3.63) is 29.7 Å². The van der Waals surface area contributed by atoms with Crippen molar-refractivity contribution in [2.24, 2.45) is 0 Å². The Morgan fingerprint density at radius 3 is 2.27 bits per heavy atom. The number of hydrogen-bond donors (Lipinski definition) is 0. The Hall–Kier alpha value is -0.610. The van der Waals surface area contributed by atoms with Gasteiger partial charge in [0, 0.05) is 4.48 Å². The van der Waals surface area contributed by atoms with Crippen LogP contribution in [0.4, 0.5) is 4.39 Å². The molecule has 0 bridgehead atoms. The minimum Gasteiger partial charge on any atom is -0.358 e. The van der Waals surface area contributed by atoms with Crippen LogP contribution in [0.15, 0.2) is 9.47 Å². The first kappa shape index (κ1) is 14.4. The summed E-state index contributed by atoms with van der Waals surface area (Å²) in [6.45, 7) is -1.47. The van der Waals surface area contributed by atoms with E-state index in [0.29, 0.717) is 4.48 Å². The molecule has 0 heterocycles. The molecular weight excluding hydrogens is 347 g/mol. The van der Waals surface area contributed by atoms with Crippen LogP contribution in [0.5, 0.6) is 0 Å². The van der Waals surface area contributed by atoms with Crippen molar-refractivity contribution in [3.63, 3.8) is 0 Å². The molecule has 0 aliphatic rings. The second-order valence-electron chi connectivity index (χ2n) is 2.28. The largest absolute Gasteiger partial charge is 0.637 e. The van der Waals surface area contributed by atoms with Crippen molar-refractivity contribution < 1.29 is 19.0 Å². The molecule has 15 heavy (non-hydrogen) atoms. The molecule has 0 aromatic heterocycles. The van der Waals surface area contributed by atoms with Crippen molar-refractivity contribution in [1.29, 1.82) is 0 Å². The SMILES string of the molecule is O=[N+]([O-])C(F)(COCC(Br)=CBr)[N+](=O)[O-]. The number of alkyl halides is 1. The maximum absolute atomic E-state index is 13.0. The minimum atomic E-state index is -3.81. The van der Waals surface area contributed by atoms with Crippen molar-refractivity contribution in [2.45, 2.75) is 5.92 Å². The summed E-state index contributed by atoms with van der Waals surface area (Å²) in [7, 11) is 0. The van der Waals surface area contributed by atoms with E-state index in [-0.39, 0.29) is 6.61 Å². The van der Waals surface area contributed by atoms with Gasteiger partial charge in [0.2, 0.25) is 6.61 Å². The Bertz CT molecular complexity index is 283. The molecule has 0 saturated heterocycles. The predicted molar refractivity (Wildman–Crippen MR) is 54.6 cm³/mol. The zero-order valence-electron chi connectivity index (χ0n) is 7.06. The van der Waals surface area contributed by atoms with E-state index in [1.54, 1.807) is 0 Å². The average molecular weight is 352 g/mol. The van der Waals surface area contributed by atoms with E-state index in [0.717, 1.165) is 0 Å². The van der Waals surface area contributed by atoms with Gasteiger partial charge in [0.1, 0.15) is 9.85 Å². The second kappa shape index (κ2) is 6.08. The fourth-order valence-electron chi connectivity index (χ4n) is 0.482. The third-order valence-electron chi connectivity index (χ3n) is 1.20. The summed E-state index contributed by atoms with van der Waals surface area (Å²) >= 11 is 5.85. The average Bonchev–Trinajstić information content (AvgIpc) is 2.16. The standard InChI is InChI=1S/C5H5Br2FN2O5/c6-1-4(7)2-15-3-5(8,9(11)12)10(13)14/h1H,2-3H2. The monoisotopic (exact) mass is 350 g/mol. The molecule has 0 aromatic carbocycles. The molecule has 86 valence electrons. The lowest BCUT2D eigenvalue weighted by Gasteiger charge is -2.08. The third-order valence-corrected chi connectivity index (χ3v) is 2.83. The van der Waals surface area contributed by atoms with Gasteiger partial charge in [0.05, 0.1) is 6.61 Å². The molecule has 0 spiro atoms. The molecule has 0 unspecified atom stereocenters. The maximum atomic E-state index is 13.0. The summed E-state index contributed by atoms with van der Waals surface area (Å²) in [4.78, 5) is 18.3. The van der Waals surface area contributed by atoms with Crippen LogP contribution < -0.4 is 0 Å². The quantitative estimate of drug-likeness (QED) is 0.315. The van der Waals surface area contributed by atoms with E-state index in [1.807, 2.05) is 0 Å². The van der Waals surface area contributed by atoms with Crippen LogP contribution in [0.1, 0.15) is 0 Å². The van der Waals surface area contributed by atoms with Gasteiger partial charge < -0.3 is 4.74 Å². The Balaban J connectivity index is 4.34. The van der Waals surface area contributed by atoms with Crippen LogP contribution >= 0.6 is 31.9 Å². The second-order valence-corrected chi connectivity index (χ2v) is 3.76. The summed E-state index contributed by atoms with van der Waals surface area (Å²) in [5.74, 6) is -3.81. The highest BCUT2D eigenvalue weighted by Gasteiger charge is 2.58.